The number of aromatic amines is 1. The van der Waals surface area contributed by atoms with Crippen LogP contribution in [0.15, 0.2) is 30.5 Å². The largest absolute Gasteiger partial charge is 0.338 e. The van der Waals surface area contributed by atoms with Gasteiger partial charge in [-0.3, -0.25) is 24.9 Å². The van der Waals surface area contributed by atoms with Gasteiger partial charge in [0.2, 0.25) is 5.91 Å². The summed E-state index contributed by atoms with van der Waals surface area (Å²) in [5.41, 5.74) is 3.43. The molecule has 29 heavy (non-hydrogen) atoms. The number of hydrogen-bond donors (Lipinski definition) is 2. The number of carbonyl (C=O) groups is 3. The average molecular weight is 393 g/mol. The lowest BCUT2D eigenvalue weighted by Crippen LogP contribution is -2.51. The Bertz CT molecular complexity index is 1000. The zero-order valence-corrected chi connectivity index (χ0v) is 16.1. The molecule has 0 radical (unpaired) electrons. The summed E-state index contributed by atoms with van der Waals surface area (Å²) in [6, 6.07) is 6.67. The Hall–Kier alpha value is -3.16. The van der Waals surface area contributed by atoms with E-state index in [1.54, 1.807) is 18.2 Å². The predicted octanol–water partition coefficient (Wildman–Crippen LogP) is 1.98. The van der Waals surface area contributed by atoms with E-state index in [9.17, 15) is 14.4 Å². The highest BCUT2D eigenvalue weighted by Gasteiger charge is 2.45. The molecule has 3 heterocycles. The lowest BCUT2D eigenvalue weighted by molar-refractivity contribution is -0.120. The second-order valence-electron chi connectivity index (χ2n) is 8.15. The molecule has 5 rings (SSSR count). The zero-order chi connectivity index (χ0) is 20.0. The number of nitrogens with one attached hydrogen (secondary N) is 2. The molecule has 2 aromatic rings. The van der Waals surface area contributed by atoms with Crippen LogP contribution in [0, 0.1) is 0 Å². The summed E-state index contributed by atoms with van der Waals surface area (Å²) in [5.74, 6) is -0.359. The summed E-state index contributed by atoms with van der Waals surface area (Å²) in [4.78, 5) is 40.7. The maximum atomic E-state index is 13.5. The van der Waals surface area contributed by atoms with Crippen molar-refractivity contribution in [3.63, 3.8) is 0 Å². The van der Waals surface area contributed by atoms with Gasteiger partial charge in [0.1, 0.15) is 0 Å². The second kappa shape index (κ2) is 6.72. The van der Waals surface area contributed by atoms with E-state index in [2.05, 4.69) is 15.5 Å². The van der Waals surface area contributed by atoms with Crippen LogP contribution < -0.4 is 10.2 Å². The Balaban J connectivity index is 1.43. The topological polar surface area (TPSA) is 98.4 Å². The number of rotatable bonds is 2. The molecule has 1 aliphatic carbocycles. The third kappa shape index (κ3) is 2.90. The molecule has 2 aliphatic heterocycles. The Morgan fingerprint density at radius 3 is 2.83 bits per heavy atom. The van der Waals surface area contributed by atoms with Crippen LogP contribution in [-0.4, -0.2) is 52.6 Å². The van der Waals surface area contributed by atoms with E-state index >= 15 is 0 Å². The number of imide groups is 1. The van der Waals surface area contributed by atoms with Crippen LogP contribution in [0.1, 0.15) is 47.3 Å². The molecule has 2 saturated heterocycles. The maximum Gasteiger partial charge on any atom is 0.328 e. The number of urea groups is 1. The first kappa shape index (κ1) is 17.9. The number of carbonyl (C=O) groups excluding carboxylic acids is 3. The maximum absolute atomic E-state index is 13.5. The molecule has 1 aromatic carbocycles. The van der Waals surface area contributed by atoms with E-state index in [0.717, 1.165) is 25.7 Å². The highest BCUT2D eigenvalue weighted by Crippen LogP contribution is 2.44. The summed E-state index contributed by atoms with van der Waals surface area (Å²) in [7, 11) is 0. The third-order valence-corrected chi connectivity index (χ3v) is 6.46. The lowest BCUT2D eigenvalue weighted by Gasteiger charge is -2.41. The quantitative estimate of drug-likeness (QED) is 0.815. The Labute approximate surface area is 168 Å². The molecule has 0 saturated carbocycles. The highest BCUT2D eigenvalue weighted by atomic mass is 16.2. The average Bonchev–Trinajstić information content (AvgIpc) is 3.33. The first-order valence-electron chi connectivity index (χ1n) is 10.1. The van der Waals surface area contributed by atoms with Crippen LogP contribution in [0.2, 0.25) is 0 Å². The fraction of sp³-hybridized carbons (Fsp3) is 0.429. The fourth-order valence-corrected chi connectivity index (χ4v) is 5.03. The van der Waals surface area contributed by atoms with Crippen LogP contribution in [0.5, 0.6) is 0 Å². The summed E-state index contributed by atoms with van der Waals surface area (Å²) >= 11 is 0. The Morgan fingerprint density at radius 2 is 1.97 bits per heavy atom. The molecule has 150 valence electrons. The fourth-order valence-electron chi connectivity index (χ4n) is 5.03. The smallest absolute Gasteiger partial charge is 0.328 e. The second-order valence-corrected chi connectivity index (χ2v) is 8.15. The standard InChI is InChI=1S/C21H23N5O3/c27-17-7-11-26(20(29)23-17)16-5-2-1-4-15(16)19(28)25-10-3-8-21(13-25)9-6-14-12-22-24-18(14)21/h1-2,4-5,12H,3,6-11,13H2,(H,22,24)(H,23,27,29). The van der Waals surface area contributed by atoms with Crippen LogP contribution >= 0.6 is 0 Å². The molecule has 4 amide bonds. The van der Waals surface area contributed by atoms with Crippen molar-refractivity contribution < 1.29 is 14.4 Å². The minimum atomic E-state index is -0.477. The number of H-pyrrole nitrogens is 1. The third-order valence-electron chi connectivity index (χ3n) is 6.46. The number of aromatic nitrogens is 2. The molecule has 2 N–H and O–H groups in total. The Morgan fingerprint density at radius 1 is 1.10 bits per heavy atom. The summed E-state index contributed by atoms with van der Waals surface area (Å²) in [6.07, 6.45) is 6.13. The van der Waals surface area contributed by atoms with Crippen molar-refractivity contribution in [2.75, 3.05) is 24.5 Å². The molecular weight excluding hydrogens is 370 g/mol. The molecule has 8 nitrogen and oxygen atoms in total. The van der Waals surface area contributed by atoms with Gasteiger partial charge in [-0.15, -0.1) is 0 Å². The van der Waals surface area contributed by atoms with Crippen molar-refractivity contribution in [2.45, 2.75) is 37.5 Å². The van der Waals surface area contributed by atoms with Crippen molar-refractivity contribution >= 4 is 23.5 Å². The molecule has 8 heteroatoms. The van der Waals surface area contributed by atoms with E-state index in [-0.39, 0.29) is 30.2 Å². The van der Waals surface area contributed by atoms with Crippen LogP contribution in [-0.2, 0) is 16.6 Å². The first-order chi connectivity index (χ1) is 14.1. The normalized spacial score (nSPS) is 24.0. The number of amides is 4. The van der Waals surface area contributed by atoms with Crippen molar-refractivity contribution in [3.8, 4) is 0 Å². The van der Waals surface area contributed by atoms with Gasteiger partial charge in [0.05, 0.1) is 17.4 Å². The van der Waals surface area contributed by atoms with Crippen LogP contribution in [0.4, 0.5) is 10.5 Å². The van der Waals surface area contributed by atoms with Gasteiger partial charge in [-0.1, -0.05) is 12.1 Å². The number of fused-ring (bicyclic) bond motifs is 2. The minimum absolute atomic E-state index is 0.0520. The summed E-state index contributed by atoms with van der Waals surface area (Å²) in [6.45, 7) is 1.62. The van der Waals surface area contributed by atoms with Crippen molar-refractivity contribution in [1.29, 1.82) is 0 Å². The van der Waals surface area contributed by atoms with Gasteiger partial charge in [0, 0.05) is 37.2 Å². The number of anilines is 1. The predicted molar refractivity (Wildman–Crippen MR) is 106 cm³/mol. The van der Waals surface area contributed by atoms with Gasteiger partial charge in [0.25, 0.3) is 5.91 Å². The van der Waals surface area contributed by atoms with Gasteiger partial charge >= 0.3 is 6.03 Å². The molecule has 3 aliphatic rings. The number of benzene rings is 1. The first-order valence-corrected chi connectivity index (χ1v) is 10.1. The van der Waals surface area contributed by atoms with E-state index in [1.165, 1.54) is 16.2 Å². The summed E-state index contributed by atoms with van der Waals surface area (Å²) in [5, 5.41) is 9.71. The van der Waals surface area contributed by atoms with Crippen molar-refractivity contribution in [1.82, 2.24) is 20.4 Å². The van der Waals surface area contributed by atoms with Crippen LogP contribution in [0.25, 0.3) is 0 Å². The molecule has 1 atom stereocenters. The number of likely N-dealkylation sites (tertiary alicyclic amines) is 1. The van der Waals surface area contributed by atoms with E-state index in [0.29, 0.717) is 24.3 Å². The lowest BCUT2D eigenvalue weighted by atomic mass is 9.77. The number of nitrogens with zero attached hydrogens (tertiary/aromatic N) is 3. The SMILES string of the molecule is O=C1CCN(c2ccccc2C(=O)N2CCCC3(CCc4cn[nH]c43)C2)C(=O)N1. The monoisotopic (exact) mass is 393 g/mol. The zero-order valence-electron chi connectivity index (χ0n) is 16.1. The van der Waals surface area contributed by atoms with Crippen LogP contribution in [0.3, 0.4) is 0 Å². The van der Waals surface area contributed by atoms with Crippen molar-refractivity contribution in [3.05, 3.63) is 47.3 Å². The van der Waals surface area contributed by atoms with E-state index in [4.69, 9.17) is 0 Å². The van der Waals surface area contributed by atoms with E-state index < -0.39 is 6.03 Å². The molecule has 2 fully saturated rings. The summed E-state index contributed by atoms with van der Waals surface area (Å²) < 4.78 is 0. The molecule has 1 aromatic heterocycles. The van der Waals surface area contributed by atoms with Crippen molar-refractivity contribution in [2.24, 2.45) is 0 Å². The minimum Gasteiger partial charge on any atom is -0.338 e. The van der Waals surface area contributed by atoms with Gasteiger partial charge in [-0.25, -0.2) is 4.79 Å². The molecule has 1 spiro atoms. The number of para-hydroxylation sites is 1. The number of hydrogen-bond acceptors (Lipinski definition) is 4. The molecular formula is C21H23N5O3. The van der Waals surface area contributed by atoms with Gasteiger partial charge < -0.3 is 4.90 Å². The van der Waals surface area contributed by atoms with Gasteiger partial charge in [-0.2, -0.15) is 5.10 Å². The van der Waals surface area contributed by atoms with Gasteiger partial charge in [0.15, 0.2) is 0 Å². The van der Waals surface area contributed by atoms with Gasteiger partial charge in [-0.05, 0) is 43.4 Å². The van der Waals surface area contributed by atoms with E-state index in [1.807, 2.05) is 17.2 Å². The highest BCUT2D eigenvalue weighted by molar-refractivity contribution is 6.09. The number of aryl methyl sites for hydroxylation is 1. The molecule has 1 unspecified atom stereocenters. The number of piperidine rings is 1. The Kier molecular flexibility index (Phi) is 4.15. The molecule has 0 bridgehead atoms.